The summed E-state index contributed by atoms with van der Waals surface area (Å²) in [6, 6.07) is 18.3. The number of halogens is 12. The maximum atomic E-state index is 12.9. The van der Waals surface area contributed by atoms with Crippen LogP contribution in [0.1, 0.15) is 168 Å². The molecule has 0 saturated heterocycles. The first-order valence-electron chi connectivity index (χ1n) is 29.7. The molecule has 0 aliphatic heterocycles. The van der Waals surface area contributed by atoms with Gasteiger partial charge in [0.1, 0.15) is 27.2 Å². The van der Waals surface area contributed by atoms with Gasteiger partial charge in [0.05, 0.1) is 5.69 Å². The first-order valence-corrected chi connectivity index (χ1v) is 30.9. The summed E-state index contributed by atoms with van der Waals surface area (Å²) in [5.74, 6) is -5.34. The highest BCUT2D eigenvalue weighted by Crippen LogP contribution is 2.32. The van der Waals surface area contributed by atoms with Crippen LogP contribution >= 0.6 is 34.8 Å². The Morgan fingerprint density at radius 1 is 0.449 bits per heavy atom. The standard InChI is InChI=1S/C15H20F3N3O.C15H16F3N3O.C14H16ClF3N2O.C12H17ClN2.C6H7ClN2/c2*16-15(17,18)14(22)21(13-4-2-1-3-5-13)10-11-6-7-12(8-19)20-9-11;15-12-7-6-10(8-19-12)9-20(13(21)14(16,17)18)11-4-2-1-3-5-11;13-12-7-6-10(9-15-12)8-14-11-4-2-1-3-5-11;7-6-2-1-5(3-8)4-9-6/h6-7,9,13H,1-5,8,10,19H2;6-7,9,13H,1-5,10H2;6-8,11H,1-5,9H2;6-7,9,11,14H,1-5,8H2;1-2,4H,3,8H2. The van der Waals surface area contributed by atoms with Gasteiger partial charge in [0.25, 0.3) is 0 Å². The van der Waals surface area contributed by atoms with E-state index >= 15 is 0 Å². The molecule has 5 aromatic heterocycles. The van der Waals surface area contributed by atoms with Gasteiger partial charge in [0.15, 0.2) is 0 Å². The highest BCUT2D eigenvalue weighted by atomic mass is 35.5. The number of alkyl halides is 9. The number of amides is 3. The lowest BCUT2D eigenvalue weighted by molar-refractivity contribution is -0.189. The number of aromatic nitrogens is 5. The Bertz CT molecular complexity index is 2920. The van der Waals surface area contributed by atoms with E-state index in [1.54, 1.807) is 30.5 Å². The minimum absolute atomic E-state index is 0.0686. The van der Waals surface area contributed by atoms with Gasteiger partial charge in [-0.15, -0.1) is 0 Å². The van der Waals surface area contributed by atoms with E-state index in [0.717, 1.165) is 84.6 Å². The van der Waals surface area contributed by atoms with Gasteiger partial charge in [-0.1, -0.05) is 142 Å². The summed E-state index contributed by atoms with van der Waals surface area (Å²) in [6.07, 6.45) is 11.7. The third-order valence-electron chi connectivity index (χ3n) is 15.5. The highest BCUT2D eigenvalue weighted by Gasteiger charge is 2.47. The quantitative estimate of drug-likeness (QED) is 0.0700. The van der Waals surface area contributed by atoms with Crippen molar-refractivity contribution < 1.29 is 53.9 Å². The summed E-state index contributed by atoms with van der Waals surface area (Å²) in [6.45, 7) is 1.41. The minimum atomic E-state index is -4.88. The number of pyridine rings is 5. The SMILES string of the molecule is Clc1ccc(CNC2CCCCC2)cn1.N#Cc1ccc(CN(C(=O)C(F)(F)F)C2CCCCC2)cn1.NCc1ccc(CN(C(=O)C(F)(F)F)C2CCCCC2)cn1.NCc1ccc(Cl)nc1.O=C(N(Cc1ccc(Cl)nc1)C1CCCCC1)C(F)(F)F. The number of nitrogens with two attached hydrogens (primary N) is 2. The molecule has 0 atom stereocenters. The maximum absolute atomic E-state index is 12.9. The lowest BCUT2D eigenvalue weighted by Gasteiger charge is -2.34. The third-order valence-corrected chi connectivity index (χ3v) is 16.1. The van der Waals surface area contributed by atoms with Crippen LogP contribution in [0.3, 0.4) is 0 Å². The first-order chi connectivity index (χ1) is 42.4. The molecule has 5 N–H and O–H groups in total. The van der Waals surface area contributed by atoms with Crippen molar-refractivity contribution in [3.05, 3.63) is 146 Å². The van der Waals surface area contributed by atoms with Crippen molar-refractivity contribution in [3.63, 3.8) is 0 Å². The summed E-state index contributed by atoms with van der Waals surface area (Å²) >= 11 is 16.9. The zero-order valence-corrected chi connectivity index (χ0v) is 51.6. The van der Waals surface area contributed by atoms with Gasteiger partial charge in [-0.05, 0) is 110 Å². The molecular weight excluding hydrogens is 1240 g/mol. The van der Waals surface area contributed by atoms with E-state index in [9.17, 15) is 53.9 Å². The van der Waals surface area contributed by atoms with E-state index in [1.165, 1.54) is 74.5 Å². The Kier molecular flexibility index (Phi) is 30.7. The molecule has 4 aliphatic rings. The normalized spacial score (nSPS) is 16.0. The second-order valence-electron chi connectivity index (χ2n) is 22.1. The highest BCUT2D eigenvalue weighted by molar-refractivity contribution is 6.29. The molecule has 0 aromatic carbocycles. The van der Waals surface area contributed by atoms with Gasteiger partial charge in [-0.25, -0.2) is 19.9 Å². The molecule has 0 unspecified atom stereocenters. The molecule has 89 heavy (non-hydrogen) atoms. The molecule has 5 heterocycles. The predicted molar refractivity (Wildman–Crippen MR) is 321 cm³/mol. The Labute approximate surface area is 528 Å². The topological polar surface area (TPSA) is 213 Å². The molecule has 4 aliphatic carbocycles. The summed E-state index contributed by atoms with van der Waals surface area (Å²) in [5, 5.41) is 13.6. The van der Waals surface area contributed by atoms with Gasteiger partial charge in [0, 0.05) is 94.4 Å². The Hall–Kier alpha value is -6.23. The molecule has 0 radical (unpaired) electrons. The average molecular weight is 1310 g/mol. The van der Waals surface area contributed by atoms with Crippen LogP contribution in [-0.2, 0) is 53.7 Å². The summed E-state index contributed by atoms with van der Waals surface area (Å²) in [4.78, 5) is 57.6. The van der Waals surface area contributed by atoms with E-state index < -0.39 is 42.3 Å². The maximum Gasteiger partial charge on any atom is 0.471 e. The van der Waals surface area contributed by atoms with E-state index in [1.807, 2.05) is 30.5 Å². The molecule has 486 valence electrons. The zero-order valence-electron chi connectivity index (χ0n) is 49.3. The molecule has 4 saturated carbocycles. The number of nitrogens with zero attached hydrogens (tertiary/aromatic N) is 9. The number of carbonyl (C=O) groups excluding carboxylic acids is 3. The Balaban J connectivity index is 0.000000208. The number of rotatable bonds is 14. The van der Waals surface area contributed by atoms with Gasteiger partial charge in [0.2, 0.25) is 0 Å². The van der Waals surface area contributed by atoms with Gasteiger partial charge in [-0.2, -0.15) is 44.8 Å². The average Bonchev–Trinajstić information content (AvgIpc) is 3.47. The fourth-order valence-electron chi connectivity index (χ4n) is 10.7. The largest absolute Gasteiger partial charge is 0.471 e. The minimum Gasteiger partial charge on any atom is -0.328 e. The molecular formula is C62H76Cl3F9N12O3. The van der Waals surface area contributed by atoms with E-state index in [4.69, 9.17) is 51.5 Å². The van der Waals surface area contributed by atoms with Gasteiger partial charge in [-0.3, -0.25) is 19.4 Å². The number of hydrogen-bond donors (Lipinski definition) is 3. The van der Waals surface area contributed by atoms with Crippen LogP contribution in [0, 0.1) is 11.3 Å². The number of nitrogens with one attached hydrogen (secondary N) is 1. The van der Waals surface area contributed by atoms with Crippen molar-refractivity contribution in [1.82, 2.24) is 44.9 Å². The molecule has 0 bridgehead atoms. The zero-order chi connectivity index (χ0) is 65.0. The second-order valence-corrected chi connectivity index (χ2v) is 23.2. The van der Waals surface area contributed by atoms with Crippen LogP contribution in [0.15, 0.2) is 91.6 Å². The summed E-state index contributed by atoms with van der Waals surface area (Å²) in [7, 11) is 0. The summed E-state index contributed by atoms with van der Waals surface area (Å²) < 4.78 is 115. The van der Waals surface area contributed by atoms with E-state index in [0.29, 0.717) is 83.8 Å². The van der Waals surface area contributed by atoms with Crippen LogP contribution < -0.4 is 16.8 Å². The fourth-order valence-corrected chi connectivity index (χ4v) is 11.1. The van der Waals surface area contributed by atoms with Crippen molar-refractivity contribution in [1.29, 1.82) is 5.26 Å². The first kappa shape index (κ1) is 73.5. The van der Waals surface area contributed by atoms with E-state index in [-0.39, 0.29) is 49.1 Å². The molecule has 4 fully saturated rings. The number of hydrogen-bond acceptors (Lipinski definition) is 12. The second kappa shape index (κ2) is 37.2. The number of carbonyl (C=O) groups is 3. The molecule has 27 heteroatoms. The fraction of sp³-hybridized carbons (Fsp3) is 0.532. The van der Waals surface area contributed by atoms with Crippen molar-refractivity contribution >= 4 is 52.5 Å². The predicted octanol–water partition coefficient (Wildman–Crippen LogP) is 14.3. The van der Waals surface area contributed by atoms with Crippen LogP contribution in [0.2, 0.25) is 15.5 Å². The van der Waals surface area contributed by atoms with Crippen molar-refractivity contribution in [2.24, 2.45) is 11.5 Å². The smallest absolute Gasteiger partial charge is 0.328 e. The van der Waals surface area contributed by atoms with Gasteiger partial charge >= 0.3 is 36.3 Å². The van der Waals surface area contributed by atoms with Crippen molar-refractivity contribution in [3.8, 4) is 6.07 Å². The van der Waals surface area contributed by atoms with E-state index in [2.05, 4.69) is 30.2 Å². The molecule has 15 nitrogen and oxygen atoms in total. The molecule has 9 rings (SSSR count). The molecule has 0 spiro atoms. The van der Waals surface area contributed by atoms with Gasteiger partial charge < -0.3 is 31.5 Å². The lowest BCUT2D eigenvalue weighted by atomic mass is 9.93. The monoisotopic (exact) mass is 1310 g/mol. The van der Waals surface area contributed by atoms with Crippen LogP contribution in [-0.4, -0.2) is 100 Å². The summed E-state index contributed by atoms with van der Waals surface area (Å²) in [5.41, 5.74) is 15.4. The van der Waals surface area contributed by atoms with Crippen molar-refractivity contribution in [2.45, 2.75) is 210 Å². The lowest BCUT2D eigenvalue weighted by Crippen LogP contribution is -2.47. The van der Waals surface area contributed by atoms with Crippen LogP contribution in [0.25, 0.3) is 0 Å². The van der Waals surface area contributed by atoms with Crippen LogP contribution in [0.5, 0.6) is 0 Å². The molecule has 3 amide bonds. The van der Waals surface area contributed by atoms with Crippen LogP contribution in [0.4, 0.5) is 39.5 Å². The Morgan fingerprint density at radius 2 is 0.775 bits per heavy atom. The Morgan fingerprint density at radius 3 is 1.07 bits per heavy atom. The molecule has 5 aromatic rings. The van der Waals surface area contributed by atoms with Crippen molar-refractivity contribution in [2.75, 3.05) is 0 Å². The number of nitriles is 1. The third kappa shape index (κ3) is 26.3.